The summed E-state index contributed by atoms with van der Waals surface area (Å²) in [6.45, 7) is 0. The Morgan fingerprint density at radius 2 is 1.80 bits per heavy atom. The summed E-state index contributed by atoms with van der Waals surface area (Å²) in [4.78, 5) is 7.95. The van der Waals surface area contributed by atoms with Gasteiger partial charge in [0.05, 0.1) is 5.69 Å². The molecule has 0 aliphatic heterocycles. The van der Waals surface area contributed by atoms with Crippen LogP contribution in [0.25, 0.3) is 11.3 Å². The van der Waals surface area contributed by atoms with Crippen molar-refractivity contribution in [1.82, 2.24) is 9.97 Å². The molecular weight excluding hydrogens is 231 g/mol. The maximum Gasteiger partial charge on any atom is 0.222 e. The summed E-state index contributed by atoms with van der Waals surface area (Å²) in [6, 6.07) is 9.70. The highest BCUT2D eigenvalue weighted by Gasteiger charge is 2.00. The van der Waals surface area contributed by atoms with Gasteiger partial charge in [0.1, 0.15) is 0 Å². The molecule has 0 fully saturated rings. The van der Waals surface area contributed by atoms with Crippen LogP contribution in [-0.4, -0.2) is 9.97 Å². The van der Waals surface area contributed by atoms with Gasteiger partial charge in [-0.1, -0.05) is 24.3 Å². The normalized spacial score (nSPS) is 10.3. The highest BCUT2D eigenvalue weighted by molar-refractivity contribution is 6.28. The number of halogens is 2. The molecule has 0 aliphatic rings. The van der Waals surface area contributed by atoms with E-state index >= 15 is 0 Å². The van der Waals surface area contributed by atoms with Gasteiger partial charge in [-0.25, -0.2) is 9.97 Å². The molecule has 76 valence electrons. The lowest BCUT2D eigenvalue weighted by molar-refractivity contribution is 1.17. The second-order valence-corrected chi connectivity index (χ2v) is 3.65. The average Bonchev–Trinajstić information content (AvgIpc) is 2.29. The summed E-state index contributed by atoms with van der Waals surface area (Å²) < 4.78 is 0. The van der Waals surface area contributed by atoms with Gasteiger partial charge in [0.15, 0.2) is 0 Å². The summed E-state index contributed by atoms with van der Waals surface area (Å²) in [6.07, 6.45) is 1.64. The van der Waals surface area contributed by atoms with Crippen LogP contribution in [0, 0.1) is 0 Å². The Kier molecular flexibility index (Phi) is 3.19. The van der Waals surface area contributed by atoms with E-state index in [1.165, 1.54) is 0 Å². The topological polar surface area (TPSA) is 25.8 Å². The lowest BCUT2D eigenvalue weighted by Crippen LogP contribution is -1.86. The highest BCUT2D eigenvalue weighted by Crippen LogP contribution is 2.18. The number of rotatable bonds is 2. The monoisotopic (exact) mass is 238 g/mol. The minimum absolute atomic E-state index is 0.258. The fourth-order valence-electron chi connectivity index (χ4n) is 1.26. The minimum Gasteiger partial charge on any atom is -0.226 e. The van der Waals surface area contributed by atoms with Crippen molar-refractivity contribution in [2.24, 2.45) is 0 Å². The summed E-state index contributed by atoms with van der Waals surface area (Å²) >= 11 is 11.4. The first-order valence-electron chi connectivity index (χ1n) is 4.43. The van der Waals surface area contributed by atoms with Crippen LogP contribution in [0.15, 0.2) is 36.5 Å². The lowest BCUT2D eigenvalue weighted by Gasteiger charge is -2.01. The zero-order valence-electron chi connectivity index (χ0n) is 7.82. The molecule has 1 heterocycles. The summed E-state index contributed by atoms with van der Waals surface area (Å²) in [5.41, 5.74) is 2.91. The van der Waals surface area contributed by atoms with Crippen LogP contribution in [0.4, 0.5) is 0 Å². The molecule has 0 amide bonds. The van der Waals surface area contributed by atoms with E-state index in [0.717, 1.165) is 16.8 Å². The Morgan fingerprint density at radius 1 is 1.07 bits per heavy atom. The first-order chi connectivity index (χ1) is 7.29. The third-order valence-electron chi connectivity index (χ3n) is 2.03. The molecule has 2 rings (SSSR count). The van der Waals surface area contributed by atoms with Gasteiger partial charge in [-0.3, -0.25) is 0 Å². The zero-order valence-corrected chi connectivity index (χ0v) is 9.33. The molecule has 0 spiro atoms. The number of alkyl halides is 1. The molecule has 0 bridgehead atoms. The van der Waals surface area contributed by atoms with Crippen LogP contribution in [0.2, 0.25) is 5.28 Å². The Hall–Kier alpha value is -1.12. The van der Waals surface area contributed by atoms with Gasteiger partial charge in [-0.05, 0) is 23.2 Å². The molecule has 1 aromatic carbocycles. The fourth-order valence-corrected chi connectivity index (χ4v) is 1.59. The molecule has 4 heteroatoms. The first-order valence-corrected chi connectivity index (χ1v) is 5.34. The first kappa shape index (κ1) is 10.4. The van der Waals surface area contributed by atoms with E-state index < -0.39 is 0 Å². The second-order valence-electron chi connectivity index (χ2n) is 3.04. The van der Waals surface area contributed by atoms with Crippen molar-refractivity contribution in [1.29, 1.82) is 0 Å². The van der Waals surface area contributed by atoms with E-state index in [4.69, 9.17) is 23.2 Å². The van der Waals surface area contributed by atoms with E-state index in [9.17, 15) is 0 Å². The Labute approximate surface area is 97.9 Å². The molecule has 0 saturated heterocycles. The molecule has 0 atom stereocenters. The van der Waals surface area contributed by atoms with Crippen molar-refractivity contribution < 1.29 is 0 Å². The summed E-state index contributed by atoms with van der Waals surface area (Å²) in [7, 11) is 0. The molecule has 2 nitrogen and oxygen atoms in total. The third kappa shape index (κ3) is 2.46. The molecular formula is C11H8Cl2N2. The molecule has 2 aromatic rings. The van der Waals surface area contributed by atoms with Gasteiger partial charge < -0.3 is 0 Å². The minimum atomic E-state index is 0.258. The standard InChI is InChI=1S/C11H8Cl2N2/c12-7-8-1-3-9(4-2-8)10-5-6-14-11(13)15-10/h1-6H,7H2. The summed E-state index contributed by atoms with van der Waals surface area (Å²) in [5, 5.41) is 0.258. The van der Waals surface area contributed by atoms with Gasteiger partial charge >= 0.3 is 0 Å². The predicted octanol–water partition coefficient (Wildman–Crippen LogP) is 3.54. The van der Waals surface area contributed by atoms with Gasteiger partial charge in [-0.15, -0.1) is 11.6 Å². The zero-order chi connectivity index (χ0) is 10.7. The maximum absolute atomic E-state index is 5.71. The number of nitrogens with zero attached hydrogens (tertiary/aromatic N) is 2. The van der Waals surface area contributed by atoms with Crippen molar-refractivity contribution in [3.8, 4) is 11.3 Å². The van der Waals surface area contributed by atoms with Crippen molar-refractivity contribution in [2.75, 3.05) is 0 Å². The van der Waals surface area contributed by atoms with E-state index in [-0.39, 0.29) is 5.28 Å². The third-order valence-corrected chi connectivity index (χ3v) is 2.52. The van der Waals surface area contributed by atoms with Gasteiger partial charge in [0, 0.05) is 17.6 Å². The van der Waals surface area contributed by atoms with Crippen molar-refractivity contribution >= 4 is 23.2 Å². The van der Waals surface area contributed by atoms with Crippen LogP contribution in [0.1, 0.15) is 5.56 Å². The van der Waals surface area contributed by atoms with Crippen molar-refractivity contribution in [2.45, 2.75) is 5.88 Å². The lowest BCUT2D eigenvalue weighted by atomic mass is 10.1. The fraction of sp³-hybridized carbons (Fsp3) is 0.0909. The largest absolute Gasteiger partial charge is 0.226 e. The Bertz CT molecular complexity index is 454. The van der Waals surface area contributed by atoms with Crippen molar-refractivity contribution in [3.63, 3.8) is 0 Å². The van der Waals surface area contributed by atoms with Crippen LogP contribution in [-0.2, 0) is 5.88 Å². The molecule has 0 aliphatic carbocycles. The van der Waals surface area contributed by atoms with E-state index in [1.807, 2.05) is 30.3 Å². The summed E-state index contributed by atoms with van der Waals surface area (Å²) in [5.74, 6) is 0.519. The molecule has 15 heavy (non-hydrogen) atoms. The molecule has 0 saturated carbocycles. The number of hydrogen-bond donors (Lipinski definition) is 0. The van der Waals surface area contributed by atoms with Gasteiger partial charge in [0.2, 0.25) is 5.28 Å². The van der Waals surface area contributed by atoms with Gasteiger partial charge in [0.25, 0.3) is 0 Å². The molecule has 1 aromatic heterocycles. The van der Waals surface area contributed by atoms with E-state index in [2.05, 4.69) is 9.97 Å². The molecule has 0 unspecified atom stereocenters. The number of aromatic nitrogens is 2. The van der Waals surface area contributed by atoms with E-state index in [1.54, 1.807) is 6.20 Å². The quantitative estimate of drug-likeness (QED) is 0.591. The van der Waals surface area contributed by atoms with Crippen molar-refractivity contribution in [3.05, 3.63) is 47.4 Å². The van der Waals surface area contributed by atoms with Gasteiger partial charge in [-0.2, -0.15) is 0 Å². The van der Waals surface area contributed by atoms with Crippen LogP contribution < -0.4 is 0 Å². The SMILES string of the molecule is ClCc1ccc(-c2ccnc(Cl)n2)cc1. The Morgan fingerprint density at radius 3 is 2.40 bits per heavy atom. The second kappa shape index (κ2) is 4.60. The smallest absolute Gasteiger partial charge is 0.222 e. The Balaban J connectivity index is 2.37. The number of hydrogen-bond acceptors (Lipinski definition) is 2. The van der Waals surface area contributed by atoms with E-state index in [0.29, 0.717) is 5.88 Å². The molecule has 0 radical (unpaired) electrons. The highest BCUT2D eigenvalue weighted by atomic mass is 35.5. The van der Waals surface area contributed by atoms with Crippen LogP contribution >= 0.6 is 23.2 Å². The predicted molar refractivity (Wildman–Crippen MR) is 62.0 cm³/mol. The molecule has 0 N–H and O–H groups in total. The van der Waals surface area contributed by atoms with Crippen LogP contribution in [0.5, 0.6) is 0 Å². The number of benzene rings is 1. The van der Waals surface area contributed by atoms with Crippen LogP contribution in [0.3, 0.4) is 0 Å². The maximum atomic E-state index is 5.71. The average molecular weight is 239 g/mol.